The Hall–Kier alpha value is -5.17. The zero-order valence-electron chi connectivity index (χ0n) is 28.2. The molecule has 14 heteroatoms. The van der Waals surface area contributed by atoms with Crippen LogP contribution in [0.25, 0.3) is 11.2 Å². The minimum atomic E-state index is -2.40. The molecule has 52 heavy (non-hydrogen) atoms. The van der Waals surface area contributed by atoms with E-state index in [2.05, 4.69) is 20.3 Å². The van der Waals surface area contributed by atoms with Crippen LogP contribution < -0.4 is 14.8 Å². The number of anilines is 1. The van der Waals surface area contributed by atoms with E-state index >= 15 is 0 Å². The Morgan fingerprint density at radius 3 is 2.06 bits per heavy atom. The molecule has 4 aromatic carbocycles. The maximum atomic E-state index is 12.9. The molecule has 1 fully saturated rings. The average Bonchev–Trinajstić information content (AvgIpc) is 3.80. The summed E-state index contributed by atoms with van der Waals surface area (Å²) >= 11 is 5.00. The Bertz CT molecular complexity index is 2110. The van der Waals surface area contributed by atoms with Crippen molar-refractivity contribution in [1.29, 1.82) is 0 Å². The number of amides is 1. The Morgan fingerprint density at radius 1 is 0.865 bits per heavy atom. The molecule has 0 spiro atoms. The summed E-state index contributed by atoms with van der Waals surface area (Å²) in [5, 5.41) is 2.83. The Morgan fingerprint density at radius 2 is 1.46 bits per heavy atom. The van der Waals surface area contributed by atoms with Crippen LogP contribution in [0.3, 0.4) is 0 Å². The molecule has 264 valence electrons. The van der Waals surface area contributed by atoms with Gasteiger partial charge in [0.25, 0.3) is 5.91 Å². The average molecular weight is 736 g/mol. The van der Waals surface area contributed by atoms with E-state index in [4.69, 9.17) is 35.7 Å². The molecule has 6 aromatic rings. The molecule has 0 aliphatic carbocycles. The number of rotatable bonds is 13. The van der Waals surface area contributed by atoms with Crippen molar-refractivity contribution in [1.82, 2.24) is 19.5 Å². The van der Waals surface area contributed by atoms with E-state index in [1.807, 2.05) is 84.9 Å². The second-order valence-corrected chi connectivity index (χ2v) is 13.5. The van der Waals surface area contributed by atoms with Crippen molar-refractivity contribution in [2.75, 3.05) is 26.1 Å². The number of nitrogens with one attached hydrogen (secondary N) is 1. The highest BCUT2D eigenvalue weighted by Crippen LogP contribution is 2.44. The summed E-state index contributed by atoms with van der Waals surface area (Å²) in [6.07, 6.45) is 1.15. The van der Waals surface area contributed by atoms with Gasteiger partial charge in [-0.05, 0) is 53.1 Å². The summed E-state index contributed by atoms with van der Waals surface area (Å²) in [5.74, 6) is 1.32. The van der Waals surface area contributed by atoms with Crippen molar-refractivity contribution in [3.05, 3.63) is 144 Å². The van der Waals surface area contributed by atoms with Crippen molar-refractivity contribution in [3.63, 3.8) is 0 Å². The lowest BCUT2D eigenvalue weighted by Gasteiger charge is -2.37. The van der Waals surface area contributed by atoms with Gasteiger partial charge in [-0.2, -0.15) is 4.52 Å². The van der Waals surface area contributed by atoms with Crippen LogP contribution in [0.1, 0.15) is 39.7 Å². The van der Waals surface area contributed by atoms with E-state index in [0.29, 0.717) is 28.2 Å². The first-order valence-electron chi connectivity index (χ1n) is 16.4. The van der Waals surface area contributed by atoms with Gasteiger partial charge in [0.2, 0.25) is 0 Å². The monoisotopic (exact) mass is 735 g/mol. The van der Waals surface area contributed by atoms with E-state index in [-0.39, 0.29) is 24.8 Å². The van der Waals surface area contributed by atoms with Crippen LogP contribution >= 0.6 is 7.23 Å². The Labute approximate surface area is 306 Å². The van der Waals surface area contributed by atoms with Gasteiger partial charge in [0.1, 0.15) is 41.9 Å². The third kappa shape index (κ3) is 7.14. The summed E-state index contributed by atoms with van der Waals surface area (Å²) in [4.78, 5) is 26.2. The molecule has 0 radical (unpaired) electrons. The third-order valence-corrected chi connectivity index (χ3v) is 9.68. The fraction of sp³-hybridized carbons (Fsp3) is 0.211. The summed E-state index contributed by atoms with van der Waals surface area (Å²) < 4.78 is 44.5. The van der Waals surface area contributed by atoms with Crippen molar-refractivity contribution in [2.45, 2.75) is 30.5 Å². The number of ether oxygens (including phenoxy) is 4. The molecule has 1 aliphatic rings. The highest BCUT2D eigenvalue weighted by molar-refractivity contribution is 8.25. The standard InChI is InChI=1S/C38H34N5O7PS/c1-46-29-17-13-27(14-18-29)38(26-11-7-4-8-12-26,28-15-19-30(47-2)20-16-28)48-22-32-31(50-51(45)52)21-33(49-32)43-24-41-34-35(39-23-40-36(34)43)42-37(44)25-9-5-3-6-10-25/h3-20,23-24,31-33H,21-22H2,1-2H3,(H,39,40,42,44)/t31-,32+,33+/m0/s1. The number of nitrogens with zero attached hydrogens (tertiary/aromatic N) is 4. The second kappa shape index (κ2) is 15.6. The lowest BCUT2D eigenvalue weighted by Crippen LogP contribution is -2.38. The van der Waals surface area contributed by atoms with Crippen molar-refractivity contribution in [3.8, 4) is 11.5 Å². The number of benzene rings is 4. The van der Waals surface area contributed by atoms with Gasteiger partial charge in [0.05, 0.1) is 27.2 Å². The number of carbonyl (C=O) groups is 1. The van der Waals surface area contributed by atoms with Gasteiger partial charge < -0.3 is 36.5 Å². The molecule has 3 heterocycles. The molecule has 0 bridgehead atoms. The van der Waals surface area contributed by atoms with E-state index in [1.54, 1.807) is 49.4 Å². The molecule has 1 amide bonds. The highest BCUT2D eigenvalue weighted by Gasteiger charge is 2.45. The van der Waals surface area contributed by atoms with Crippen LogP contribution in [0, 0.1) is 0 Å². The molecule has 1 aliphatic heterocycles. The molecule has 7 rings (SSSR count). The molecule has 2 aromatic heterocycles. The first-order chi connectivity index (χ1) is 25.4. The quantitative estimate of drug-likeness (QED) is 0.0748. The summed E-state index contributed by atoms with van der Waals surface area (Å²) in [5.41, 5.74) is 2.72. The highest BCUT2D eigenvalue weighted by atomic mass is 32.7. The van der Waals surface area contributed by atoms with E-state index in [9.17, 15) is 9.36 Å². The van der Waals surface area contributed by atoms with Crippen LogP contribution in [0.4, 0.5) is 5.82 Å². The molecule has 4 atom stereocenters. The predicted octanol–water partition coefficient (Wildman–Crippen LogP) is 6.98. The fourth-order valence-electron chi connectivity index (χ4n) is 6.45. The van der Waals surface area contributed by atoms with Crippen LogP contribution in [0.15, 0.2) is 122 Å². The molecular weight excluding hydrogens is 701 g/mol. The van der Waals surface area contributed by atoms with Crippen LogP contribution in [-0.4, -0.2) is 58.5 Å². The van der Waals surface area contributed by atoms with Crippen LogP contribution in [0.2, 0.25) is 0 Å². The third-order valence-electron chi connectivity index (χ3n) is 8.98. The van der Waals surface area contributed by atoms with Gasteiger partial charge in [0, 0.05) is 12.0 Å². The second-order valence-electron chi connectivity index (χ2n) is 11.9. The van der Waals surface area contributed by atoms with Crippen molar-refractivity contribution < 1.29 is 32.8 Å². The van der Waals surface area contributed by atoms with E-state index in [1.165, 1.54) is 6.33 Å². The maximum absolute atomic E-state index is 12.9. The Kier molecular flexibility index (Phi) is 10.6. The SMILES string of the molecule is COc1ccc(C(OC[C@H]2O[C@@H](n3cnc4c(NC(=O)c5ccccc5)ncnc43)C[C@@H]2O[P+](=O)[S-])(c2ccccc2)c2ccc(OC)cc2)cc1. The fourth-order valence-corrected chi connectivity index (χ4v) is 7.22. The minimum Gasteiger partial charge on any atom is -0.497 e. The molecule has 1 unspecified atom stereocenters. The zero-order valence-corrected chi connectivity index (χ0v) is 29.9. The Balaban J connectivity index is 1.22. The number of fused-ring (bicyclic) bond motifs is 1. The van der Waals surface area contributed by atoms with Gasteiger partial charge in [0.15, 0.2) is 17.0 Å². The van der Waals surface area contributed by atoms with E-state index < -0.39 is 31.3 Å². The van der Waals surface area contributed by atoms with Gasteiger partial charge in [-0.3, -0.25) is 9.36 Å². The van der Waals surface area contributed by atoms with Crippen LogP contribution in [-0.2, 0) is 36.4 Å². The lowest BCUT2D eigenvalue weighted by atomic mass is 9.80. The maximum Gasteiger partial charge on any atom is 0.372 e. The molecule has 1 saturated heterocycles. The normalized spacial score (nSPS) is 17.5. The molecule has 0 saturated carbocycles. The van der Waals surface area contributed by atoms with Gasteiger partial charge in [-0.15, -0.1) is 0 Å². The predicted molar refractivity (Wildman–Crippen MR) is 196 cm³/mol. The first kappa shape index (κ1) is 35.2. The first-order valence-corrected chi connectivity index (χ1v) is 18.6. The number of carbonyl (C=O) groups excluding carboxylic acids is 1. The van der Waals surface area contributed by atoms with Gasteiger partial charge >= 0.3 is 7.23 Å². The largest absolute Gasteiger partial charge is 0.497 e. The number of imidazole rings is 1. The lowest BCUT2D eigenvalue weighted by molar-refractivity contribution is -0.0894. The summed E-state index contributed by atoms with van der Waals surface area (Å²) in [6.45, 7) is 0.0205. The summed E-state index contributed by atoms with van der Waals surface area (Å²) in [6, 6.07) is 34.1. The van der Waals surface area contributed by atoms with E-state index in [0.717, 1.165) is 16.7 Å². The number of methoxy groups -OCH3 is 2. The number of hydrogen-bond donors (Lipinski definition) is 1. The number of aromatic nitrogens is 4. The summed E-state index contributed by atoms with van der Waals surface area (Å²) in [7, 11) is 0.843. The molecule has 1 N–H and O–H groups in total. The van der Waals surface area contributed by atoms with Crippen LogP contribution in [0.5, 0.6) is 11.5 Å². The van der Waals surface area contributed by atoms with Gasteiger partial charge in [-0.25, -0.2) is 15.0 Å². The van der Waals surface area contributed by atoms with Crippen molar-refractivity contribution >= 4 is 42.4 Å². The van der Waals surface area contributed by atoms with Crippen molar-refractivity contribution in [2.24, 2.45) is 0 Å². The molecular formula is C38H34N5O7PS. The van der Waals surface area contributed by atoms with Gasteiger partial charge in [-0.1, -0.05) is 77.4 Å². The number of hydrogen-bond acceptors (Lipinski definition) is 11. The smallest absolute Gasteiger partial charge is 0.372 e. The molecule has 12 nitrogen and oxygen atoms in total. The topological polar surface area (TPSA) is 136 Å². The minimum absolute atomic E-state index is 0.0205. The zero-order chi connectivity index (χ0) is 36.1.